The fraction of sp³-hybridized carbons (Fsp3) is 0.846. The van der Waals surface area contributed by atoms with Gasteiger partial charge in [-0.25, -0.2) is 4.79 Å². The van der Waals surface area contributed by atoms with E-state index in [0.29, 0.717) is 19.0 Å². The predicted octanol–water partition coefficient (Wildman–Crippen LogP) is 1.93. The van der Waals surface area contributed by atoms with Crippen molar-refractivity contribution in [3.05, 3.63) is 0 Å². The molecule has 1 aliphatic rings. The second kappa shape index (κ2) is 6.61. The van der Waals surface area contributed by atoms with Gasteiger partial charge in [0, 0.05) is 25.6 Å². The predicted molar refractivity (Wildman–Crippen MR) is 69.4 cm³/mol. The Hall–Kier alpha value is -1.26. The molecule has 0 aliphatic carbocycles. The fourth-order valence-corrected chi connectivity index (χ4v) is 2.04. The van der Waals surface area contributed by atoms with E-state index in [-0.39, 0.29) is 24.4 Å². The van der Waals surface area contributed by atoms with Crippen LogP contribution < -0.4 is 5.32 Å². The van der Waals surface area contributed by atoms with Crippen molar-refractivity contribution in [1.82, 2.24) is 10.2 Å². The molecule has 0 aromatic rings. The summed E-state index contributed by atoms with van der Waals surface area (Å²) in [5, 5.41) is 11.7. The van der Waals surface area contributed by atoms with Crippen LogP contribution in [0.4, 0.5) is 4.79 Å². The van der Waals surface area contributed by atoms with Gasteiger partial charge in [-0.15, -0.1) is 0 Å². The van der Waals surface area contributed by atoms with Crippen LogP contribution in [0.5, 0.6) is 0 Å². The number of rotatable bonds is 4. The number of carbonyl (C=O) groups excluding carboxylic acids is 1. The highest BCUT2D eigenvalue weighted by Crippen LogP contribution is 2.20. The quantitative estimate of drug-likeness (QED) is 0.807. The lowest BCUT2D eigenvalue weighted by Gasteiger charge is -2.32. The van der Waals surface area contributed by atoms with Crippen LogP contribution in [0.15, 0.2) is 0 Å². The number of carboxylic acid groups (broad SMARTS) is 1. The van der Waals surface area contributed by atoms with Crippen LogP contribution >= 0.6 is 0 Å². The van der Waals surface area contributed by atoms with Crippen molar-refractivity contribution in [2.45, 2.75) is 46.1 Å². The molecule has 0 saturated carbocycles. The van der Waals surface area contributed by atoms with Gasteiger partial charge in [0.1, 0.15) is 0 Å². The lowest BCUT2D eigenvalue weighted by Crippen LogP contribution is -2.48. The molecule has 1 atom stereocenters. The second-order valence-electron chi connectivity index (χ2n) is 5.51. The summed E-state index contributed by atoms with van der Waals surface area (Å²) in [6.07, 6.45) is 1.80. The molecule has 5 heteroatoms. The van der Waals surface area contributed by atoms with Gasteiger partial charge in [-0.1, -0.05) is 13.8 Å². The molecule has 1 saturated heterocycles. The molecular formula is C13H24N2O3. The highest BCUT2D eigenvalue weighted by Gasteiger charge is 2.25. The van der Waals surface area contributed by atoms with Crippen LogP contribution in [0.3, 0.4) is 0 Å². The van der Waals surface area contributed by atoms with Crippen molar-refractivity contribution in [2.24, 2.45) is 11.8 Å². The molecule has 0 radical (unpaired) electrons. The molecule has 0 aromatic carbocycles. The molecule has 5 nitrogen and oxygen atoms in total. The molecule has 0 aromatic heterocycles. The number of amides is 2. The highest BCUT2D eigenvalue weighted by atomic mass is 16.4. The number of piperidine rings is 1. The van der Waals surface area contributed by atoms with Gasteiger partial charge in [0.25, 0.3) is 0 Å². The SMILES string of the molecule is CC(C)C(C)NC(=O)N1CCC(CC(=O)O)CC1. The monoisotopic (exact) mass is 256 g/mol. The maximum Gasteiger partial charge on any atom is 0.317 e. The number of aliphatic carboxylic acids is 1. The van der Waals surface area contributed by atoms with Gasteiger partial charge in [0.2, 0.25) is 0 Å². The molecule has 2 amide bonds. The first-order chi connectivity index (χ1) is 8.40. The lowest BCUT2D eigenvalue weighted by atomic mass is 9.94. The molecule has 18 heavy (non-hydrogen) atoms. The molecule has 0 spiro atoms. The lowest BCUT2D eigenvalue weighted by molar-refractivity contribution is -0.138. The van der Waals surface area contributed by atoms with Gasteiger partial charge >= 0.3 is 12.0 Å². The van der Waals surface area contributed by atoms with Crippen LogP contribution in [-0.2, 0) is 4.79 Å². The summed E-state index contributed by atoms with van der Waals surface area (Å²) in [4.78, 5) is 24.3. The highest BCUT2D eigenvalue weighted by molar-refractivity contribution is 5.74. The topological polar surface area (TPSA) is 69.6 Å². The minimum Gasteiger partial charge on any atom is -0.481 e. The summed E-state index contributed by atoms with van der Waals surface area (Å²) < 4.78 is 0. The zero-order valence-corrected chi connectivity index (χ0v) is 11.5. The van der Waals surface area contributed by atoms with E-state index in [9.17, 15) is 9.59 Å². The van der Waals surface area contributed by atoms with Crippen LogP contribution in [-0.4, -0.2) is 41.1 Å². The number of urea groups is 1. The van der Waals surface area contributed by atoms with E-state index in [0.717, 1.165) is 12.8 Å². The zero-order chi connectivity index (χ0) is 13.7. The Morgan fingerprint density at radius 3 is 2.28 bits per heavy atom. The normalized spacial score (nSPS) is 18.8. The van der Waals surface area contributed by atoms with E-state index < -0.39 is 5.97 Å². The number of hydrogen-bond acceptors (Lipinski definition) is 2. The number of carboxylic acids is 1. The molecular weight excluding hydrogens is 232 g/mol. The first-order valence-electron chi connectivity index (χ1n) is 6.67. The maximum absolute atomic E-state index is 11.9. The minimum atomic E-state index is -0.744. The molecule has 1 unspecified atom stereocenters. The Morgan fingerprint density at radius 2 is 1.83 bits per heavy atom. The first kappa shape index (κ1) is 14.8. The third kappa shape index (κ3) is 4.55. The van der Waals surface area contributed by atoms with E-state index in [2.05, 4.69) is 19.2 Å². The van der Waals surface area contributed by atoms with Crippen molar-refractivity contribution in [3.8, 4) is 0 Å². The van der Waals surface area contributed by atoms with Crippen molar-refractivity contribution in [3.63, 3.8) is 0 Å². The summed E-state index contributed by atoms with van der Waals surface area (Å²) in [6.45, 7) is 7.47. The van der Waals surface area contributed by atoms with Crippen LogP contribution in [0.25, 0.3) is 0 Å². The fourth-order valence-electron chi connectivity index (χ4n) is 2.04. The van der Waals surface area contributed by atoms with E-state index in [1.54, 1.807) is 4.90 Å². The summed E-state index contributed by atoms with van der Waals surface area (Å²) in [5.74, 6) is -0.112. The van der Waals surface area contributed by atoms with Crippen molar-refractivity contribution >= 4 is 12.0 Å². The third-order valence-corrected chi connectivity index (χ3v) is 3.72. The number of carbonyl (C=O) groups is 2. The number of nitrogens with zero attached hydrogens (tertiary/aromatic N) is 1. The molecule has 2 N–H and O–H groups in total. The Labute approximate surface area is 109 Å². The molecule has 1 fully saturated rings. The van der Waals surface area contributed by atoms with Gasteiger partial charge in [0.05, 0.1) is 0 Å². The summed E-state index contributed by atoms with van der Waals surface area (Å²) in [5.41, 5.74) is 0. The van der Waals surface area contributed by atoms with Gasteiger partial charge in [-0.05, 0) is 31.6 Å². The van der Waals surface area contributed by atoms with Crippen LogP contribution in [0.2, 0.25) is 0 Å². The van der Waals surface area contributed by atoms with Gasteiger partial charge < -0.3 is 15.3 Å². The Balaban J connectivity index is 2.34. The zero-order valence-electron chi connectivity index (χ0n) is 11.5. The average Bonchev–Trinajstić information content (AvgIpc) is 2.28. The van der Waals surface area contributed by atoms with Crippen molar-refractivity contribution in [2.75, 3.05) is 13.1 Å². The minimum absolute atomic E-state index is 0.0232. The van der Waals surface area contributed by atoms with E-state index in [1.165, 1.54) is 0 Å². The Kier molecular flexibility index (Phi) is 5.44. The van der Waals surface area contributed by atoms with Gasteiger partial charge in [-0.2, -0.15) is 0 Å². The van der Waals surface area contributed by atoms with E-state index in [4.69, 9.17) is 5.11 Å². The molecule has 0 bridgehead atoms. The first-order valence-corrected chi connectivity index (χ1v) is 6.67. The standard InChI is InChI=1S/C13H24N2O3/c1-9(2)10(3)14-13(18)15-6-4-11(5-7-15)8-12(16)17/h9-11H,4-8H2,1-3H3,(H,14,18)(H,16,17). The van der Waals surface area contributed by atoms with Gasteiger partial charge in [-0.3, -0.25) is 4.79 Å². The second-order valence-corrected chi connectivity index (χ2v) is 5.51. The van der Waals surface area contributed by atoms with Crippen LogP contribution in [0.1, 0.15) is 40.0 Å². The maximum atomic E-state index is 11.9. The summed E-state index contributed by atoms with van der Waals surface area (Å²) in [6, 6.07) is 0.138. The molecule has 1 rings (SSSR count). The molecule has 1 heterocycles. The summed E-state index contributed by atoms with van der Waals surface area (Å²) >= 11 is 0. The van der Waals surface area contributed by atoms with Crippen molar-refractivity contribution in [1.29, 1.82) is 0 Å². The smallest absolute Gasteiger partial charge is 0.317 e. The largest absolute Gasteiger partial charge is 0.481 e. The Morgan fingerprint density at radius 1 is 1.28 bits per heavy atom. The average molecular weight is 256 g/mol. The van der Waals surface area contributed by atoms with Crippen molar-refractivity contribution < 1.29 is 14.7 Å². The summed E-state index contributed by atoms with van der Waals surface area (Å²) in [7, 11) is 0. The third-order valence-electron chi connectivity index (χ3n) is 3.72. The van der Waals surface area contributed by atoms with Gasteiger partial charge in [0.15, 0.2) is 0 Å². The number of nitrogens with one attached hydrogen (secondary N) is 1. The number of hydrogen-bond donors (Lipinski definition) is 2. The van der Waals surface area contributed by atoms with E-state index in [1.807, 2.05) is 6.92 Å². The number of likely N-dealkylation sites (tertiary alicyclic amines) is 1. The van der Waals surface area contributed by atoms with E-state index >= 15 is 0 Å². The molecule has 104 valence electrons. The Bertz CT molecular complexity index is 297. The molecule has 1 aliphatic heterocycles. The van der Waals surface area contributed by atoms with Crippen LogP contribution in [0, 0.1) is 11.8 Å².